The summed E-state index contributed by atoms with van der Waals surface area (Å²) in [5.74, 6) is 0.0421. The second-order valence-corrected chi connectivity index (χ2v) is 9.35. The van der Waals surface area contributed by atoms with Crippen LogP contribution >= 0.6 is 34.7 Å². The fourth-order valence-corrected chi connectivity index (χ4v) is 5.07. The van der Waals surface area contributed by atoms with Crippen LogP contribution in [0.25, 0.3) is 16.9 Å². The van der Waals surface area contributed by atoms with E-state index in [1.165, 1.54) is 39.8 Å². The summed E-state index contributed by atoms with van der Waals surface area (Å²) >= 11 is 8.80. The lowest BCUT2D eigenvalue weighted by Gasteiger charge is -2.08. The number of benzene rings is 2. The molecule has 2 aromatic carbocycles. The van der Waals surface area contributed by atoms with Gasteiger partial charge in [0, 0.05) is 16.0 Å². The van der Waals surface area contributed by atoms with Crippen molar-refractivity contribution in [3.05, 3.63) is 69.8 Å². The number of aromatic nitrogens is 4. The van der Waals surface area contributed by atoms with Gasteiger partial charge >= 0.3 is 0 Å². The Morgan fingerprint density at radius 2 is 1.97 bits per heavy atom. The second-order valence-electron chi connectivity index (χ2n) is 7.11. The van der Waals surface area contributed by atoms with Gasteiger partial charge in [-0.2, -0.15) is 0 Å². The Balaban J connectivity index is 1.42. The normalized spacial score (nSPS) is 11.0. The number of thioether (sulfide) groups is 1. The summed E-state index contributed by atoms with van der Waals surface area (Å²) in [6, 6.07) is 11.7. The van der Waals surface area contributed by atoms with E-state index in [1.54, 1.807) is 17.0 Å². The van der Waals surface area contributed by atoms with Crippen molar-refractivity contribution in [1.29, 1.82) is 0 Å². The van der Waals surface area contributed by atoms with Crippen LogP contribution in [0.15, 0.2) is 53.3 Å². The molecule has 0 saturated heterocycles. The van der Waals surface area contributed by atoms with Gasteiger partial charge in [0.2, 0.25) is 5.91 Å². The van der Waals surface area contributed by atoms with Gasteiger partial charge in [0.05, 0.1) is 17.1 Å². The van der Waals surface area contributed by atoms with E-state index >= 15 is 0 Å². The van der Waals surface area contributed by atoms with Gasteiger partial charge in [-0.15, -0.1) is 21.5 Å². The first-order valence-corrected chi connectivity index (χ1v) is 11.8. The average Bonchev–Trinajstić information content (AvgIpc) is 3.35. The maximum Gasteiger partial charge on any atom is 0.236 e. The predicted octanol–water partition coefficient (Wildman–Crippen LogP) is 5.70. The summed E-state index contributed by atoms with van der Waals surface area (Å²) in [6.07, 6.45) is 1.60. The van der Waals surface area contributed by atoms with E-state index in [1.807, 2.05) is 23.6 Å². The number of nitrogens with zero attached hydrogens (tertiary/aromatic N) is 4. The molecule has 1 N–H and O–H groups in total. The van der Waals surface area contributed by atoms with Crippen molar-refractivity contribution in [1.82, 2.24) is 19.7 Å². The Kier molecular flexibility index (Phi) is 6.41. The molecule has 0 fully saturated rings. The number of hydrogen-bond acceptors (Lipinski definition) is 6. The van der Waals surface area contributed by atoms with Crippen LogP contribution in [0.4, 0.5) is 5.13 Å². The quantitative estimate of drug-likeness (QED) is 0.366. The van der Waals surface area contributed by atoms with Crippen LogP contribution in [0.5, 0.6) is 0 Å². The van der Waals surface area contributed by atoms with Gasteiger partial charge in [-0.3, -0.25) is 9.36 Å². The standard InChI is InChI=1S/C22H20ClN5OS2/c1-13-7-14(2)20(15(3)8-13)18-10-30-21(25-18)26-19(29)11-31-22-27-24-12-28(22)17-6-4-5-16(23)9-17/h4-10,12H,11H2,1-3H3,(H,25,26,29). The maximum absolute atomic E-state index is 12.5. The van der Waals surface area contributed by atoms with E-state index < -0.39 is 0 Å². The van der Waals surface area contributed by atoms with E-state index in [0.29, 0.717) is 15.3 Å². The minimum atomic E-state index is -0.149. The molecule has 31 heavy (non-hydrogen) atoms. The number of amides is 1. The summed E-state index contributed by atoms with van der Waals surface area (Å²) in [6.45, 7) is 6.25. The van der Waals surface area contributed by atoms with Crippen LogP contribution in [-0.2, 0) is 4.79 Å². The predicted molar refractivity (Wildman–Crippen MR) is 127 cm³/mol. The minimum Gasteiger partial charge on any atom is -0.301 e. The number of aryl methyl sites for hydroxylation is 3. The Morgan fingerprint density at radius 3 is 2.71 bits per heavy atom. The van der Waals surface area contributed by atoms with Gasteiger partial charge in [0.15, 0.2) is 10.3 Å². The monoisotopic (exact) mass is 469 g/mol. The second kappa shape index (κ2) is 9.21. The molecule has 0 bridgehead atoms. The van der Waals surface area contributed by atoms with Gasteiger partial charge in [0.1, 0.15) is 6.33 Å². The summed E-state index contributed by atoms with van der Waals surface area (Å²) in [5.41, 5.74) is 6.42. The average molecular weight is 470 g/mol. The van der Waals surface area contributed by atoms with Crippen LogP contribution in [-0.4, -0.2) is 31.4 Å². The zero-order valence-corrected chi connectivity index (χ0v) is 19.6. The molecule has 0 spiro atoms. The molecule has 1 amide bonds. The number of hydrogen-bond donors (Lipinski definition) is 1. The molecule has 0 atom stereocenters. The van der Waals surface area contributed by atoms with Crippen LogP contribution in [0.1, 0.15) is 16.7 Å². The largest absolute Gasteiger partial charge is 0.301 e. The lowest BCUT2D eigenvalue weighted by Crippen LogP contribution is -2.14. The summed E-state index contributed by atoms with van der Waals surface area (Å²) < 4.78 is 1.80. The van der Waals surface area contributed by atoms with E-state index in [0.717, 1.165) is 16.9 Å². The van der Waals surface area contributed by atoms with Crippen LogP contribution in [0.2, 0.25) is 5.02 Å². The number of halogens is 1. The van der Waals surface area contributed by atoms with Crippen LogP contribution < -0.4 is 5.32 Å². The summed E-state index contributed by atoms with van der Waals surface area (Å²) in [7, 11) is 0. The third kappa shape index (κ3) is 4.98. The van der Waals surface area contributed by atoms with E-state index in [4.69, 9.17) is 11.6 Å². The van der Waals surface area contributed by atoms with Crippen molar-refractivity contribution in [3.63, 3.8) is 0 Å². The molecule has 4 aromatic rings. The number of nitrogens with one attached hydrogen (secondary N) is 1. The fourth-order valence-electron chi connectivity index (χ4n) is 3.44. The van der Waals surface area contributed by atoms with Gasteiger partial charge in [-0.1, -0.05) is 47.1 Å². The van der Waals surface area contributed by atoms with Crippen molar-refractivity contribution < 1.29 is 4.79 Å². The SMILES string of the molecule is Cc1cc(C)c(-c2csc(NC(=O)CSc3nncn3-c3cccc(Cl)c3)n2)c(C)c1. The van der Waals surface area contributed by atoms with Crippen molar-refractivity contribution >= 4 is 45.7 Å². The molecule has 6 nitrogen and oxygen atoms in total. The number of carbonyl (C=O) groups is 1. The van der Waals surface area contributed by atoms with E-state index in [9.17, 15) is 4.79 Å². The van der Waals surface area contributed by atoms with E-state index in [-0.39, 0.29) is 11.7 Å². The Bertz CT molecular complexity index is 1230. The third-order valence-corrected chi connectivity index (χ3v) is 6.55. The van der Waals surface area contributed by atoms with Crippen molar-refractivity contribution in [2.45, 2.75) is 25.9 Å². The van der Waals surface area contributed by atoms with Gasteiger partial charge < -0.3 is 5.32 Å². The number of anilines is 1. The molecule has 0 aliphatic rings. The number of carbonyl (C=O) groups excluding carboxylic acids is 1. The van der Waals surface area contributed by atoms with Gasteiger partial charge in [-0.25, -0.2) is 4.98 Å². The van der Waals surface area contributed by atoms with E-state index in [2.05, 4.69) is 53.4 Å². The Labute approximate surface area is 193 Å². The summed E-state index contributed by atoms with van der Waals surface area (Å²) in [4.78, 5) is 17.1. The molecule has 0 saturated carbocycles. The third-order valence-electron chi connectivity index (χ3n) is 4.62. The van der Waals surface area contributed by atoms with Gasteiger partial charge in [-0.05, 0) is 50.1 Å². The molecule has 9 heteroatoms. The molecule has 2 heterocycles. The first-order chi connectivity index (χ1) is 14.9. The lowest BCUT2D eigenvalue weighted by atomic mass is 9.98. The topological polar surface area (TPSA) is 72.7 Å². The Hall–Kier alpha value is -2.68. The highest BCUT2D eigenvalue weighted by molar-refractivity contribution is 7.99. The zero-order chi connectivity index (χ0) is 22.0. The fraction of sp³-hybridized carbons (Fsp3) is 0.182. The first-order valence-electron chi connectivity index (χ1n) is 9.53. The van der Waals surface area contributed by atoms with Gasteiger partial charge in [0.25, 0.3) is 0 Å². The highest BCUT2D eigenvalue weighted by atomic mass is 35.5. The molecular weight excluding hydrogens is 450 g/mol. The molecule has 0 aliphatic heterocycles. The van der Waals surface area contributed by atoms with Crippen molar-refractivity contribution in [2.75, 3.05) is 11.1 Å². The highest BCUT2D eigenvalue weighted by Gasteiger charge is 2.14. The highest BCUT2D eigenvalue weighted by Crippen LogP contribution is 2.31. The molecule has 0 aliphatic carbocycles. The molecule has 0 unspecified atom stereocenters. The minimum absolute atomic E-state index is 0.149. The maximum atomic E-state index is 12.5. The van der Waals surface area contributed by atoms with Crippen molar-refractivity contribution in [3.8, 4) is 16.9 Å². The van der Waals surface area contributed by atoms with Crippen molar-refractivity contribution in [2.24, 2.45) is 0 Å². The number of rotatable bonds is 6. The summed E-state index contributed by atoms with van der Waals surface area (Å²) in [5, 5.41) is 14.7. The van der Waals surface area contributed by atoms with Crippen LogP contribution in [0.3, 0.4) is 0 Å². The molecule has 158 valence electrons. The molecule has 0 radical (unpaired) electrons. The Morgan fingerprint density at radius 1 is 1.19 bits per heavy atom. The van der Waals surface area contributed by atoms with Crippen LogP contribution in [0, 0.1) is 20.8 Å². The first kappa shape index (κ1) is 21.5. The molecule has 4 rings (SSSR count). The molecule has 2 aromatic heterocycles. The lowest BCUT2D eigenvalue weighted by molar-refractivity contribution is -0.113. The number of thiazole rings is 1. The zero-order valence-electron chi connectivity index (χ0n) is 17.2. The molecular formula is C22H20ClN5OS2. The smallest absolute Gasteiger partial charge is 0.236 e.